The van der Waals surface area contributed by atoms with Crippen molar-refractivity contribution in [3.05, 3.63) is 29.3 Å². The largest absolute Gasteiger partial charge is 0.465 e. The zero-order chi connectivity index (χ0) is 24.9. The number of aliphatic hydroxyl groups is 1. The lowest BCUT2D eigenvalue weighted by Gasteiger charge is -2.38. The molecule has 2 aliphatic heterocycles. The SMILES string of the molecule is CC(O)COC(c1cc(-c2nccs2)c2oc(N3CC4CCC(C3)N4C(=O)O)nc2c1)C(F)(F)F. The van der Waals surface area contributed by atoms with Gasteiger partial charge in [-0.05, 0) is 37.5 Å². The lowest BCUT2D eigenvalue weighted by Crippen LogP contribution is -2.55. The number of fused-ring (bicyclic) bond motifs is 3. The van der Waals surface area contributed by atoms with Crippen molar-refractivity contribution in [2.45, 2.75) is 50.2 Å². The number of ether oxygens (including phenoxy) is 1. The molecule has 13 heteroatoms. The van der Waals surface area contributed by atoms with Crippen molar-refractivity contribution in [1.29, 1.82) is 0 Å². The molecule has 3 aromatic rings. The van der Waals surface area contributed by atoms with Gasteiger partial charge in [-0.25, -0.2) is 9.78 Å². The number of carboxylic acid groups (broad SMARTS) is 1. The Morgan fingerprint density at radius 2 is 2.03 bits per heavy atom. The molecule has 0 spiro atoms. The number of aliphatic hydroxyl groups excluding tert-OH is 1. The molecule has 0 saturated carbocycles. The monoisotopic (exact) mass is 512 g/mol. The highest BCUT2D eigenvalue weighted by Gasteiger charge is 2.45. The maximum Gasteiger partial charge on any atom is 0.418 e. The summed E-state index contributed by atoms with van der Waals surface area (Å²) in [7, 11) is 0. The third kappa shape index (κ3) is 4.55. The lowest BCUT2D eigenvalue weighted by molar-refractivity contribution is -0.228. The van der Waals surface area contributed by atoms with Crippen LogP contribution in [0.1, 0.15) is 31.4 Å². The molecule has 5 rings (SSSR count). The van der Waals surface area contributed by atoms with Crippen LogP contribution in [0.25, 0.3) is 21.7 Å². The number of benzene rings is 1. The van der Waals surface area contributed by atoms with Crippen LogP contribution < -0.4 is 4.90 Å². The van der Waals surface area contributed by atoms with E-state index in [0.29, 0.717) is 29.2 Å². The molecule has 9 nitrogen and oxygen atoms in total. The highest BCUT2D eigenvalue weighted by Crippen LogP contribution is 2.42. The molecule has 4 unspecified atom stereocenters. The van der Waals surface area contributed by atoms with Crippen molar-refractivity contribution in [2.75, 3.05) is 24.6 Å². The molecule has 2 aliphatic rings. The number of hydrogen-bond donors (Lipinski definition) is 2. The molecular weight excluding hydrogens is 489 g/mol. The summed E-state index contributed by atoms with van der Waals surface area (Å²) in [5, 5.41) is 21.1. The van der Waals surface area contributed by atoms with Gasteiger partial charge in [0.05, 0.1) is 30.4 Å². The molecule has 2 aromatic heterocycles. The average molecular weight is 513 g/mol. The summed E-state index contributed by atoms with van der Waals surface area (Å²) in [6.45, 7) is 1.63. The van der Waals surface area contributed by atoms with Gasteiger partial charge in [0.25, 0.3) is 6.01 Å². The highest BCUT2D eigenvalue weighted by molar-refractivity contribution is 7.13. The highest BCUT2D eigenvalue weighted by atomic mass is 32.1. The van der Waals surface area contributed by atoms with Crippen molar-refractivity contribution < 1.29 is 37.3 Å². The minimum Gasteiger partial charge on any atom is -0.465 e. The van der Waals surface area contributed by atoms with E-state index in [9.17, 15) is 28.2 Å². The van der Waals surface area contributed by atoms with E-state index in [1.807, 2.05) is 4.90 Å². The number of anilines is 1. The van der Waals surface area contributed by atoms with Crippen LogP contribution in [0.5, 0.6) is 0 Å². The molecule has 0 radical (unpaired) electrons. The first kappa shape index (κ1) is 23.8. The predicted octanol–water partition coefficient (Wildman–Crippen LogP) is 4.28. The van der Waals surface area contributed by atoms with Gasteiger partial charge in [-0.1, -0.05) is 0 Å². The molecule has 188 valence electrons. The van der Waals surface area contributed by atoms with Crippen LogP contribution in [0.4, 0.5) is 24.0 Å². The average Bonchev–Trinajstić information content (AvgIpc) is 3.50. The minimum absolute atomic E-state index is 0.175. The number of hydrogen-bond acceptors (Lipinski definition) is 8. The van der Waals surface area contributed by atoms with E-state index >= 15 is 0 Å². The first-order valence-electron chi connectivity index (χ1n) is 11.1. The van der Waals surface area contributed by atoms with Crippen molar-refractivity contribution in [3.63, 3.8) is 0 Å². The van der Waals surface area contributed by atoms with E-state index in [4.69, 9.17) is 9.15 Å². The van der Waals surface area contributed by atoms with Crippen LogP contribution in [0.3, 0.4) is 0 Å². The Kier molecular flexibility index (Phi) is 6.09. The molecule has 1 amide bonds. The Morgan fingerprint density at radius 1 is 1.31 bits per heavy atom. The van der Waals surface area contributed by atoms with Crippen LogP contribution in [-0.2, 0) is 4.74 Å². The van der Waals surface area contributed by atoms with Crippen molar-refractivity contribution in [3.8, 4) is 10.6 Å². The van der Waals surface area contributed by atoms with E-state index in [0.717, 1.165) is 12.8 Å². The second-order valence-electron chi connectivity index (χ2n) is 8.83. The number of aromatic nitrogens is 2. The predicted molar refractivity (Wildman–Crippen MR) is 120 cm³/mol. The van der Waals surface area contributed by atoms with E-state index in [1.165, 1.54) is 35.3 Å². The van der Waals surface area contributed by atoms with Crippen LogP contribution in [0, 0.1) is 0 Å². The second-order valence-corrected chi connectivity index (χ2v) is 9.73. The van der Waals surface area contributed by atoms with E-state index < -0.39 is 31.1 Å². The summed E-state index contributed by atoms with van der Waals surface area (Å²) in [6.07, 6.45) is -6.01. The normalized spacial score (nSPS) is 22.1. The van der Waals surface area contributed by atoms with Gasteiger partial charge in [0.1, 0.15) is 10.5 Å². The number of thiazole rings is 1. The summed E-state index contributed by atoms with van der Waals surface area (Å²) in [4.78, 5) is 23.6. The van der Waals surface area contributed by atoms with Crippen molar-refractivity contribution in [1.82, 2.24) is 14.9 Å². The first-order chi connectivity index (χ1) is 16.6. The third-order valence-electron chi connectivity index (χ3n) is 6.24. The Hall–Kier alpha value is -2.90. The standard InChI is InChI=1S/C22H23F3N4O5S/c1-11(30)10-33-18(22(23,24)25)12-6-15(19-26-4-5-35-19)17-16(7-12)27-20(34-17)28-8-13-2-3-14(9-28)29(13)21(31)32/h4-7,11,13-14,18,30H,2-3,8-10H2,1H3,(H,31,32). The fraction of sp³-hybridized carbons (Fsp3) is 0.500. The Bertz CT molecular complexity index is 1200. The number of carbonyl (C=O) groups is 1. The number of piperazine rings is 1. The van der Waals surface area contributed by atoms with Gasteiger partial charge < -0.3 is 24.3 Å². The van der Waals surface area contributed by atoms with Gasteiger partial charge in [0, 0.05) is 24.7 Å². The van der Waals surface area contributed by atoms with Gasteiger partial charge >= 0.3 is 12.3 Å². The fourth-order valence-corrected chi connectivity index (χ4v) is 5.48. The molecule has 2 saturated heterocycles. The lowest BCUT2D eigenvalue weighted by atomic mass is 10.0. The van der Waals surface area contributed by atoms with Gasteiger partial charge in [-0.2, -0.15) is 18.2 Å². The summed E-state index contributed by atoms with van der Waals surface area (Å²) in [5.74, 6) is 0. The maximum absolute atomic E-state index is 13.9. The summed E-state index contributed by atoms with van der Waals surface area (Å²) in [6, 6.07) is 2.45. The van der Waals surface area contributed by atoms with E-state index in [-0.39, 0.29) is 29.2 Å². The minimum atomic E-state index is -4.72. The van der Waals surface area contributed by atoms with Gasteiger partial charge in [-0.3, -0.25) is 4.90 Å². The number of alkyl halides is 3. The fourth-order valence-electron chi connectivity index (χ4n) is 4.83. The first-order valence-corrected chi connectivity index (χ1v) is 12.0. The number of halogens is 3. The number of oxazole rings is 1. The van der Waals surface area contributed by atoms with Crippen LogP contribution in [0.15, 0.2) is 28.1 Å². The summed E-state index contributed by atoms with van der Waals surface area (Å²) in [5.41, 5.74) is 0.688. The molecular formula is C22H23F3N4O5S. The van der Waals surface area contributed by atoms with Gasteiger partial charge in [0.15, 0.2) is 11.7 Å². The zero-order valence-electron chi connectivity index (χ0n) is 18.6. The number of rotatable bonds is 6. The van der Waals surface area contributed by atoms with E-state index in [2.05, 4.69) is 9.97 Å². The van der Waals surface area contributed by atoms with Crippen LogP contribution >= 0.6 is 11.3 Å². The summed E-state index contributed by atoms with van der Waals surface area (Å²) >= 11 is 1.25. The van der Waals surface area contributed by atoms with Gasteiger partial charge in [-0.15, -0.1) is 11.3 Å². The van der Waals surface area contributed by atoms with Crippen LogP contribution in [-0.4, -0.2) is 75.2 Å². The molecule has 2 N–H and O–H groups in total. The van der Waals surface area contributed by atoms with Crippen LogP contribution in [0.2, 0.25) is 0 Å². The van der Waals surface area contributed by atoms with Crippen molar-refractivity contribution >= 4 is 34.5 Å². The number of nitrogens with zero attached hydrogens (tertiary/aromatic N) is 4. The molecule has 0 aliphatic carbocycles. The van der Waals surface area contributed by atoms with Gasteiger partial charge in [0.2, 0.25) is 0 Å². The maximum atomic E-state index is 13.9. The molecule has 4 atom stereocenters. The van der Waals surface area contributed by atoms with Crippen molar-refractivity contribution in [2.24, 2.45) is 0 Å². The molecule has 35 heavy (non-hydrogen) atoms. The molecule has 4 heterocycles. The topological polar surface area (TPSA) is 112 Å². The third-order valence-corrected chi connectivity index (χ3v) is 7.05. The molecule has 1 aromatic carbocycles. The smallest absolute Gasteiger partial charge is 0.418 e. The van der Waals surface area contributed by atoms with E-state index in [1.54, 1.807) is 11.6 Å². The molecule has 2 fully saturated rings. The zero-order valence-corrected chi connectivity index (χ0v) is 19.4. The summed E-state index contributed by atoms with van der Waals surface area (Å²) < 4.78 is 52.8. The Labute approximate surface area is 201 Å². The Balaban J connectivity index is 1.55. The quantitative estimate of drug-likeness (QED) is 0.503. The molecule has 2 bridgehead atoms. The second kappa shape index (κ2) is 8.95. The number of amides is 1. The Morgan fingerprint density at radius 3 is 2.60 bits per heavy atom.